The molecule has 1 aromatic heterocycles. The summed E-state index contributed by atoms with van der Waals surface area (Å²) in [6.07, 6.45) is 1.54. The van der Waals surface area contributed by atoms with Crippen LogP contribution in [0.2, 0.25) is 5.02 Å². The van der Waals surface area contributed by atoms with E-state index in [9.17, 15) is 9.90 Å². The monoisotopic (exact) mass is 400 g/mol. The molecular formula is C20H17ClN2O3S. The molecule has 2 aromatic carbocycles. The Morgan fingerprint density at radius 1 is 1.33 bits per heavy atom. The van der Waals surface area contributed by atoms with E-state index in [-0.39, 0.29) is 18.1 Å². The number of methoxy groups -OCH3 is 1. The van der Waals surface area contributed by atoms with Gasteiger partial charge in [-0.25, -0.2) is 4.98 Å². The fourth-order valence-corrected chi connectivity index (χ4v) is 3.81. The van der Waals surface area contributed by atoms with Crippen LogP contribution < -0.4 is 4.74 Å². The molecule has 1 heterocycles. The molecule has 3 rings (SSSR count). The molecule has 0 spiro atoms. The molecule has 138 valence electrons. The topological polar surface area (TPSA) is 71.8 Å². The second-order valence-electron chi connectivity index (χ2n) is 5.74. The third-order valence-corrected chi connectivity index (χ3v) is 5.39. The predicted molar refractivity (Wildman–Crippen MR) is 109 cm³/mol. The summed E-state index contributed by atoms with van der Waals surface area (Å²) < 4.78 is 5.00. The Morgan fingerprint density at radius 3 is 2.81 bits per heavy atom. The number of hydrogen-bond donors (Lipinski definition) is 1. The quantitative estimate of drug-likeness (QED) is 0.477. The SMILES string of the molecule is COc1ccc(C=NCC(=O)c2sc(-c3ccccc3Cl)nc2C)cc1O. The molecule has 0 radical (unpaired) electrons. The van der Waals surface area contributed by atoms with Crippen LogP contribution in [0, 0.1) is 6.92 Å². The molecule has 0 fully saturated rings. The summed E-state index contributed by atoms with van der Waals surface area (Å²) in [7, 11) is 1.48. The number of rotatable bonds is 6. The maximum absolute atomic E-state index is 12.5. The smallest absolute Gasteiger partial charge is 0.196 e. The van der Waals surface area contributed by atoms with Crippen LogP contribution in [0.1, 0.15) is 20.9 Å². The van der Waals surface area contributed by atoms with Crippen LogP contribution >= 0.6 is 22.9 Å². The number of phenolic OH excluding ortho intramolecular Hbond substituents is 1. The zero-order valence-electron chi connectivity index (χ0n) is 14.8. The molecule has 0 atom stereocenters. The maximum atomic E-state index is 12.5. The maximum Gasteiger partial charge on any atom is 0.196 e. The number of aliphatic imine (C=N–C) groups is 1. The standard InChI is InChI=1S/C20H17ClN2O3S/c1-12-19(27-20(23-12)14-5-3-4-6-15(14)21)17(25)11-22-10-13-7-8-18(26-2)16(24)9-13/h3-10,24H,11H2,1-2H3. The first-order chi connectivity index (χ1) is 13.0. The number of nitrogens with zero attached hydrogens (tertiary/aromatic N) is 2. The van der Waals surface area contributed by atoms with Crippen molar-refractivity contribution in [3.8, 4) is 22.1 Å². The van der Waals surface area contributed by atoms with Crippen molar-refractivity contribution in [3.63, 3.8) is 0 Å². The highest BCUT2D eigenvalue weighted by atomic mass is 35.5. The molecule has 1 N–H and O–H groups in total. The number of aromatic nitrogens is 1. The van der Waals surface area contributed by atoms with Gasteiger partial charge in [-0.05, 0) is 36.8 Å². The lowest BCUT2D eigenvalue weighted by atomic mass is 10.2. The Kier molecular flexibility index (Phi) is 5.88. The van der Waals surface area contributed by atoms with Crippen molar-refractivity contribution in [1.29, 1.82) is 0 Å². The van der Waals surface area contributed by atoms with Crippen LogP contribution in [0.3, 0.4) is 0 Å². The molecule has 0 amide bonds. The fourth-order valence-electron chi connectivity index (χ4n) is 2.50. The molecular weight excluding hydrogens is 384 g/mol. The molecule has 0 saturated carbocycles. The van der Waals surface area contributed by atoms with E-state index in [2.05, 4.69) is 9.98 Å². The fraction of sp³-hybridized carbons (Fsp3) is 0.150. The van der Waals surface area contributed by atoms with Crippen LogP contribution in [0.5, 0.6) is 11.5 Å². The number of ether oxygens (including phenoxy) is 1. The molecule has 3 aromatic rings. The number of benzene rings is 2. The van der Waals surface area contributed by atoms with Gasteiger partial charge in [0.25, 0.3) is 0 Å². The number of aromatic hydroxyl groups is 1. The zero-order valence-corrected chi connectivity index (χ0v) is 16.3. The Hall–Kier alpha value is -2.70. The van der Waals surface area contributed by atoms with Gasteiger partial charge in [-0.2, -0.15) is 0 Å². The van der Waals surface area contributed by atoms with Crippen molar-refractivity contribution in [2.24, 2.45) is 4.99 Å². The van der Waals surface area contributed by atoms with E-state index >= 15 is 0 Å². The van der Waals surface area contributed by atoms with Crippen LogP contribution in [0.25, 0.3) is 10.6 Å². The van der Waals surface area contributed by atoms with Crippen molar-refractivity contribution in [2.75, 3.05) is 13.7 Å². The molecule has 0 aliphatic heterocycles. The molecule has 7 heteroatoms. The van der Waals surface area contributed by atoms with Gasteiger partial charge < -0.3 is 9.84 Å². The van der Waals surface area contributed by atoms with Crippen LogP contribution in [0.15, 0.2) is 47.5 Å². The molecule has 0 aliphatic carbocycles. The lowest BCUT2D eigenvalue weighted by molar-refractivity contribution is 0.100. The molecule has 0 bridgehead atoms. The Labute approximate surface area is 165 Å². The lowest BCUT2D eigenvalue weighted by Gasteiger charge is -2.02. The molecule has 0 saturated heterocycles. The summed E-state index contributed by atoms with van der Waals surface area (Å²) in [5.41, 5.74) is 2.15. The van der Waals surface area contributed by atoms with Gasteiger partial charge in [0.1, 0.15) is 11.6 Å². The van der Waals surface area contributed by atoms with Gasteiger partial charge in [0.2, 0.25) is 0 Å². The number of halogens is 1. The Morgan fingerprint density at radius 2 is 2.11 bits per heavy atom. The van der Waals surface area contributed by atoms with E-state index in [1.807, 2.05) is 18.2 Å². The first-order valence-corrected chi connectivity index (χ1v) is 9.31. The zero-order chi connectivity index (χ0) is 19.4. The summed E-state index contributed by atoms with van der Waals surface area (Å²) in [5, 5.41) is 11.1. The van der Waals surface area contributed by atoms with Crippen molar-refractivity contribution in [2.45, 2.75) is 6.92 Å². The lowest BCUT2D eigenvalue weighted by Crippen LogP contribution is -2.03. The number of carbonyl (C=O) groups is 1. The second-order valence-corrected chi connectivity index (χ2v) is 7.14. The molecule has 0 unspecified atom stereocenters. The van der Waals surface area contributed by atoms with Gasteiger partial charge in [0.15, 0.2) is 17.3 Å². The van der Waals surface area contributed by atoms with Gasteiger partial charge in [-0.3, -0.25) is 9.79 Å². The van der Waals surface area contributed by atoms with Gasteiger partial charge in [-0.1, -0.05) is 29.8 Å². The predicted octanol–water partition coefficient (Wildman–Crippen LogP) is 4.79. The molecule has 0 aliphatic rings. The minimum absolute atomic E-state index is 0.00220. The highest BCUT2D eigenvalue weighted by molar-refractivity contribution is 7.17. The number of Topliss-reactive ketones (excluding diaryl/α,β-unsaturated/α-hetero) is 1. The highest BCUT2D eigenvalue weighted by Crippen LogP contribution is 2.33. The first-order valence-electron chi connectivity index (χ1n) is 8.12. The summed E-state index contributed by atoms with van der Waals surface area (Å²) >= 11 is 7.53. The van der Waals surface area contributed by atoms with Gasteiger partial charge in [-0.15, -0.1) is 11.3 Å². The highest BCUT2D eigenvalue weighted by Gasteiger charge is 2.17. The summed E-state index contributed by atoms with van der Waals surface area (Å²) in [6, 6.07) is 12.3. The Balaban J connectivity index is 1.73. The third kappa shape index (κ3) is 4.35. The van der Waals surface area contributed by atoms with Crippen molar-refractivity contribution >= 4 is 34.9 Å². The summed E-state index contributed by atoms with van der Waals surface area (Å²) in [4.78, 5) is 21.7. The van der Waals surface area contributed by atoms with Crippen molar-refractivity contribution in [3.05, 3.63) is 63.6 Å². The normalized spacial score (nSPS) is 11.1. The first kappa shape index (κ1) is 19.1. The summed E-state index contributed by atoms with van der Waals surface area (Å²) in [5.74, 6) is 0.295. The van der Waals surface area contributed by atoms with Crippen molar-refractivity contribution < 1.29 is 14.6 Å². The number of aryl methyl sites for hydroxylation is 1. The van der Waals surface area contributed by atoms with Gasteiger partial charge in [0, 0.05) is 11.8 Å². The molecule has 5 nitrogen and oxygen atoms in total. The van der Waals surface area contributed by atoms with Gasteiger partial charge >= 0.3 is 0 Å². The number of ketones is 1. The average Bonchev–Trinajstić information content (AvgIpc) is 3.04. The summed E-state index contributed by atoms with van der Waals surface area (Å²) in [6.45, 7) is 1.80. The van der Waals surface area contributed by atoms with E-state index in [0.717, 1.165) is 5.56 Å². The minimum Gasteiger partial charge on any atom is -0.504 e. The van der Waals surface area contributed by atoms with Crippen LogP contribution in [0.4, 0.5) is 0 Å². The van der Waals surface area contributed by atoms with E-state index in [4.69, 9.17) is 16.3 Å². The van der Waals surface area contributed by atoms with E-state index in [1.54, 1.807) is 31.3 Å². The minimum atomic E-state index is -0.114. The number of phenols is 1. The third-order valence-electron chi connectivity index (χ3n) is 3.83. The van der Waals surface area contributed by atoms with Crippen LogP contribution in [-0.4, -0.2) is 35.7 Å². The van der Waals surface area contributed by atoms with Crippen molar-refractivity contribution in [1.82, 2.24) is 4.98 Å². The van der Waals surface area contributed by atoms with E-state index in [1.165, 1.54) is 24.5 Å². The second kappa shape index (κ2) is 8.33. The Bertz CT molecular complexity index is 1010. The molecule has 27 heavy (non-hydrogen) atoms. The van der Waals surface area contributed by atoms with Gasteiger partial charge in [0.05, 0.1) is 22.7 Å². The number of carbonyl (C=O) groups excluding carboxylic acids is 1. The largest absolute Gasteiger partial charge is 0.504 e. The van der Waals surface area contributed by atoms with E-state index < -0.39 is 0 Å². The van der Waals surface area contributed by atoms with Crippen LogP contribution in [-0.2, 0) is 0 Å². The van der Waals surface area contributed by atoms with E-state index in [0.29, 0.717) is 31.9 Å². The number of hydrogen-bond acceptors (Lipinski definition) is 6. The number of thiazole rings is 1. The average molecular weight is 401 g/mol.